The van der Waals surface area contributed by atoms with Crippen molar-refractivity contribution in [2.45, 2.75) is 18.9 Å². The van der Waals surface area contributed by atoms with E-state index in [9.17, 15) is 23.6 Å². The topological polar surface area (TPSA) is 74.8 Å². The van der Waals surface area contributed by atoms with Crippen LogP contribution in [0, 0.1) is 29.5 Å². The van der Waals surface area contributed by atoms with Crippen LogP contribution in [-0.4, -0.2) is 45.4 Å². The lowest BCUT2D eigenvalue weighted by atomic mass is 9.85. The Bertz CT molecular complexity index is 1270. The lowest BCUT2D eigenvalue weighted by Crippen LogP contribution is -2.58. The van der Waals surface area contributed by atoms with Crippen molar-refractivity contribution in [2.75, 3.05) is 5.88 Å². The summed E-state index contributed by atoms with van der Waals surface area (Å²) in [6, 6.07) is 7.65. The summed E-state index contributed by atoms with van der Waals surface area (Å²) in [5.74, 6) is -4.36. The van der Waals surface area contributed by atoms with E-state index in [0.29, 0.717) is 6.42 Å². The molecule has 2 bridgehead atoms. The van der Waals surface area contributed by atoms with Gasteiger partial charge in [0, 0.05) is 17.0 Å². The van der Waals surface area contributed by atoms with Crippen LogP contribution in [0.3, 0.4) is 0 Å². The Morgan fingerprint density at radius 1 is 0.944 bits per heavy atom. The zero-order valence-corrected chi connectivity index (χ0v) is 21.0. The number of fused-ring (bicyclic) bond motifs is 5. The van der Waals surface area contributed by atoms with Crippen molar-refractivity contribution in [2.24, 2.45) is 23.7 Å². The molecule has 1 saturated carbocycles. The number of benzene rings is 2. The lowest BCUT2D eigenvalue weighted by Gasteiger charge is -2.36. The minimum atomic E-state index is -1.30. The lowest BCUT2D eigenvalue weighted by molar-refractivity contribution is -0.157. The first kappa shape index (κ1) is 24.9. The van der Waals surface area contributed by atoms with E-state index in [-0.39, 0.29) is 45.3 Å². The van der Waals surface area contributed by atoms with Gasteiger partial charge in [-0.05, 0) is 67.1 Å². The van der Waals surface area contributed by atoms with Gasteiger partial charge >= 0.3 is 0 Å². The highest BCUT2D eigenvalue weighted by Gasteiger charge is 2.62. The van der Waals surface area contributed by atoms with Crippen LogP contribution >= 0.6 is 34.8 Å². The number of ketones is 1. The third kappa shape index (κ3) is 4.03. The Hall–Kier alpha value is -2.74. The first-order chi connectivity index (χ1) is 17.2. The van der Waals surface area contributed by atoms with Gasteiger partial charge in [-0.2, -0.15) is 5.01 Å². The number of hydrogen-bond donors (Lipinski definition) is 0. The Morgan fingerprint density at radius 2 is 1.53 bits per heavy atom. The van der Waals surface area contributed by atoms with E-state index in [0.717, 1.165) is 22.2 Å². The number of nitrogens with zero attached hydrogens (tertiary/aromatic N) is 2. The van der Waals surface area contributed by atoms with Crippen LogP contribution in [0.5, 0.6) is 0 Å². The van der Waals surface area contributed by atoms with Gasteiger partial charge in [0.05, 0.1) is 21.9 Å². The molecule has 2 aliphatic carbocycles. The molecule has 3 amide bonds. The van der Waals surface area contributed by atoms with Crippen LogP contribution in [0.4, 0.5) is 4.39 Å². The van der Waals surface area contributed by atoms with Gasteiger partial charge in [-0.25, -0.2) is 9.40 Å². The van der Waals surface area contributed by atoms with E-state index in [1.54, 1.807) is 0 Å². The predicted molar refractivity (Wildman–Crippen MR) is 132 cm³/mol. The molecule has 0 aromatic heterocycles. The highest BCUT2D eigenvalue weighted by atomic mass is 35.5. The van der Waals surface area contributed by atoms with E-state index in [1.165, 1.54) is 30.3 Å². The summed E-state index contributed by atoms with van der Waals surface area (Å²) >= 11 is 18.2. The Balaban J connectivity index is 1.60. The molecule has 1 heterocycles. The Morgan fingerprint density at radius 3 is 2.08 bits per heavy atom. The summed E-state index contributed by atoms with van der Waals surface area (Å²) in [5.41, 5.74) is 0.147. The zero-order chi connectivity index (χ0) is 25.7. The molecule has 2 fully saturated rings. The maximum absolute atomic E-state index is 13.9. The molecule has 3 aliphatic rings. The quantitative estimate of drug-likeness (QED) is 0.207. The average Bonchev–Trinajstić information content (AvgIpc) is 3.55. The van der Waals surface area contributed by atoms with Gasteiger partial charge < -0.3 is 0 Å². The molecule has 0 unspecified atom stereocenters. The van der Waals surface area contributed by atoms with Gasteiger partial charge in [-0.3, -0.25) is 19.2 Å². The van der Waals surface area contributed by atoms with Crippen LogP contribution in [0.2, 0.25) is 10.0 Å². The summed E-state index contributed by atoms with van der Waals surface area (Å²) in [4.78, 5) is 54.8. The number of imide groups is 1. The zero-order valence-electron chi connectivity index (χ0n) is 18.7. The fraction of sp³-hybridized carbons (Fsp3) is 0.308. The molecule has 2 aromatic carbocycles. The third-order valence-electron chi connectivity index (χ3n) is 7.15. The van der Waals surface area contributed by atoms with Gasteiger partial charge in [0.25, 0.3) is 17.7 Å². The first-order valence-corrected chi connectivity index (χ1v) is 12.7. The van der Waals surface area contributed by atoms with Gasteiger partial charge in [0.15, 0.2) is 5.78 Å². The summed E-state index contributed by atoms with van der Waals surface area (Å²) in [6.45, 7) is 0. The van der Waals surface area contributed by atoms with E-state index < -0.39 is 47.2 Å². The second-order valence-corrected chi connectivity index (χ2v) is 10.3. The minimum absolute atomic E-state index is 0.0367. The number of carbonyl (C=O) groups excluding carboxylic acids is 4. The smallest absolute Gasteiger partial charge is 0.273 e. The van der Waals surface area contributed by atoms with E-state index in [2.05, 4.69) is 0 Å². The van der Waals surface area contributed by atoms with Crippen LogP contribution in [0.25, 0.3) is 0 Å². The maximum Gasteiger partial charge on any atom is 0.273 e. The molecule has 0 N–H and O–H groups in total. The molecule has 5 atom stereocenters. The van der Waals surface area contributed by atoms with Crippen molar-refractivity contribution in [3.8, 4) is 0 Å². The predicted octanol–water partition coefficient (Wildman–Crippen LogP) is 5.18. The summed E-state index contributed by atoms with van der Waals surface area (Å²) in [5, 5.41) is 2.05. The molecule has 186 valence electrons. The van der Waals surface area contributed by atoms with E-state index in [1.807, 2.05) is 12.2 Å². The van der Waals surface area contributed by atoms with E-state index in [4.69, 9.17) is 34.8 Å². The van der Waals surface area contributed by atoms with Gasteiger partial charge in [-0.15, -0.1) is 11.6 Å². The van der Waals surface area contributed by atoms with Crippen LogP contribution < -0.4 is 0 Å². The van der Waals surface area contributed by atoms with Crippen molar-refractivity contribution in [1.82, 2.24) is 10.0 Å². The van der Waals surface area contributed by atoms with Gasteiger partial charge in [0.1, 0.15) is 11.9 Å². The molecule has 5 rings (SSSR count). The fourth-order valence-corrected chi connectivity index (χ4v) is 6.01. The first-order valence-electron chi connectivity index (χ1n) is 11.4. The number of amides is 3. The molecule has 1 aliphatic heterocycles. The number of carbonyl (C=O) groups is 4. The molecule has 10 heteroatoms. The van der Waals surface area contributed by atoms with Crippen LogP contribution in [0.1, 0.15) is 33.6 Å². The number of hydrazine groups is 1. The minimum Gasteiger partial charge on any atom is -0.292 e. The Labute approximate surface area is 221 Å². The number of alkyl halides is 1. The normalized spacial score (nSPS) is 24.8. The maximum atomic E-state index is 13.9. The highest BCUT2D eigenvalue weighted by molar-refractivity contribution is 6.42. The number of halogens is 4. The monoisotopic (exact) mass is 548 g/mol. The summed E-state index contributed by atoms with van der Waals surface area (Å²) < 4.78 is 13.5. The van der Waals surface area contributed by atoms with E-state index >= 15 is 0 Å². The van der Waals surface area contributed by atoms with Crippen molar-refractivity contribution in [1.29, 1.82) is 0 Å². The molecular weight excluding hydrogens is 530 g/mol. The molecule has 0 radical (unpaired) electrons. The van der Waals surface area contributed by atoms with Crippen molar-refractivity contribution in [3.05, 3.63) is 81.6 Å². The molecule has 36 heavy (non-hydrogen) atoms. The summed E-state index contributed by atoms with van der Waals surface area (Å²) in [7, 11) is 0. The molecule has 6 nitrogen and oxygen atoms in total. The highest BCUT2D eigenvalue weighted by Crippen LogP contribution is 2.53. The number of hydrogen-bond acceptors (Lipinski definition) is 4. The van der Waals surface area contributed by atoms with Crippen LogP contribution in [-0.2, 0) is 9.59 Å². The molecular formula is C26H20Cl3FN2O4. The summed E-state index contributed by atoms with van der Waals surface area (Å²) in [6.07, 6.45) is 4.53. The number of allylic oxidation sites excluding steroid dienone is 2. The Kier molecular flexibility index (Phi) is 6.66. The standard InChI is InChI=1S/C26H20Cl3FN2O4/c27-10-9-20(23(33)13-3-6-17(30)7-4-13)31(24(34)16-5-8-18(28)19(29)12-16)32-25(35)21-14-1-2-15(11-14)22(21)26(32)36/h1-8,12,14-15,20-22H,9-11H2/t14-,15-,20+,21-,22+/m0/s1. The second-order valence-electron chi connectivity index (χ2n) is 9.13. The molecule has 2 aromatic rings. The second kappa shape index (κ2) is 9.61. The molecule has 0 spiro atoms. The third-order valence-corrected chi connectivity index (χ3v) is 8.10. The van der Waals surface area contributed by atoms with Crippen molar-refractivity contribution < 1.29 is 23.6 Å². The number of rotatable bonds is 7. The van der Waals surface area contributed by atoms with Crippen molar-refractivity contribution in [3.63, 3.8) is 0 Å². The average molecular weight is 550 g/mol. The number of Topliss-reactive ketones (excluding diaryl/α,β-unsaturated/α-hetero) is 1. The SMILES string of the molecule is O=C(c1ccc(F)cc1)[C@@H](CCCl)N(C(=O)c1ccc(Cl)c(Cl)c1)N1C(=O)[C@@H]2[C@H](C1=O)[C@H]1C=C[C@H]2C1. The van der Waals surface area contributed by atoms with Crippen LogP contribution in [0.15, 0.2) is 54.6 Å². The molecule has 1 saturated heterocycles. The van der Waals surface area contributed by atoms with Gasteiger partial charge in [0.2, 0.25) is 0 Å². The fourth-order valence-electron chi connectivity index (χ4n) is 5.51. The van der Waals surface area contributed by atoms with Gasteiger partial charge in [-0.1, -0.05) is 35.4 Å². The largest absolute Gasteiger partial charge is 0.292 e. The van der Waals surface area contributed by atoms with Crippen molar-refractivity contribution >= 4 is 58.3 Å².